The van der Waals surface area contributed by atoms with E-state index in [0.29, 0.717) is 13.1 Å². The van der Waals surface area contributed by atoms with Crippen molar-refractivity contribution in [3.63, 3.8) is 0 Å². The molecule has 1 rings (SSSR count). The summed E-state index contributed by atoms with van der Waals surface area (Å²) in [6.45, 7) is 7.20. The summed E-state index contributed by atoms with van der Waals surface area (Å²) in [5, 5.41) is 12.0. The predicted octanol–water partition coefficient (Wildman–Crippen LogP) is 2.40. The van der Waals surface area contributed by atoms with Gasteiger partial charge in [-0.25, -0.2) is 4.79 Å². The number of aryl methyl sites for hydroxylation is 1. The van der Waals surface area contributed by atoms with E-state index in [1.807, 2.05) is 13.8 Å². The lowest BCUT2D eigenvalue weighted by atomic mass is 10.2. The smallest absolute Gasteiger partial charge is 0.317 e. The van der Waals surface area contributed by atoms with Crippen LogP contribution in [0, 0.1) is 6.92 Å². The van der Waals surface area contributed by atoms with E-state index in [0.717, 1.165) is 12.8 Å². The topological polar surface area (TPSA) is 52.6 Å². The Kier molecular flexibility index (Phi) is 6.87. The number of aliphatic hydroxyl groups is 1. The molecule has 5 heteroatoms. The summed E-state index contributed by atoms with van der Waals surface area (Å²) in [7, 11) is 0. The van der Waals surface area contributed by atoms with Crippen molar-refractivity contribution in [2.24, 2.45) is 0 Å². The molecule has 1 unspecified atom stereocenters. The standard InChI is InChI=1S/C14H24N2O2S/c1-4-7-16(8-9-17)14(18)15-11(2)10-13-6-5-12(3)19-13/h5-6,11,17H,4,7-10H2,1-3H3,(H,15,18). The largest absolute Gasteiger partial charge is 0.395 e. The Morgan fingerprint density at radius 3 is 2.74 bits per heavy atom. The summed E-state index contributed by atoms with van der Waals surface area (Å²) in [4.78, 5) is 16.3. The van der Waals surface area contributed by atoms with E-state index in [1.165, 1.54) is 9.75 Å². The molecule has 4 nitrogen and oxygen atoms in total. The fraction of sp³-hybridized carbons (Fsp3) is 0.643. The maximum absolute atomic E-state index is 12.0. The highest BCUT2D eigenvalue weighted by atomic mass is 32.1. The average Bonchev–Trinajstić information content (AvgIpc) is 2.74. The third kappa shape index (κ3) is 5.61. The van der Waals surface area contributed by atoms with Gasteiger partial charge in [0.1, 0.15) is 0 Å². The fourth-order valence-corrected chi connectivity index (χ4v) is 2.97. The van der Waals surface area contributed by atoms with Crippen LogP contribution >= 0.6 is 11.3 Å². The van der Waals surface area contributed by atoms with Crippen molar-refractivity contribution in [3.05, 3.63) is 21.9 Å². The van der Waals surface area contributed by atoms with Gasteiger partial charge in [-0.3, -0.25) is 0 Å². The fourth-order valence-electron chi connectivity index (χ4n) is 1.96. The first-order valence-corrected chi connectivity index (χ1v) is 7.60. The van der Waals surface area contributed by atoms with Gasteiger partial charge in [-0.05, 0) is 32.4 Å². The van der Waals surface area contributed by atoms with E-state index in [2.05, 4.69) is 24.4 Å². The van der Waals surface area contributed by atoms with Crippen molar-refractivity contribution in [2.75, 3.05) is 19.7 Å². The Morgan fingerprint density at radius 1 is 1.47 bits per heavy atom. The molecule has 0 spiro atoms. The van der Waals surface area contributed by atoms with Crippen LogP contribution < -0.4 is 5.32 Å². The van der Waals surface area contributed by atoms with Gasteiger partial charge < -0.3 is 15.3 Å². The Hall–Kier alpha value is -1.07. The van der Waals surface area contributed by atoms with Crippen LogP contribution in [0.5, 0.6) is 0 Å². The maximum atomic E-state index is 12.0. The highest BCUT2D eigenvalue weighted by Crippen LogP contribution is 2.16. The normalized spacial score (nSPS) is 12.2. The monoisotopic (exact) mass is 284 g/mol. The van der Waals surface area contributed by atoms with Crippen LogP contribution in [-0.2, 0) is 6.42 Å². The first-order valence-electron chi connectivity index (χ1n) is 6.78. The second-order valence-corrected chi connectivity index (χ2v) is 6.15. The summed E-state index contributed by atoms with van der Waals surface area (Å²) < 4.78 is 0. The molecule has 1 atom stereocenters. The molecule has 1 aromatic heterocycles. The van der Waals surface area contributed by atoms with Crippen LogP contribution in [0.15, 0.2) is 12.1 Å². The molecule has 0 aliphatic carbocycles. The lowest BCUT2D eigenvalue weighted by Gasteiger charge is -2.24. The number of carbonyl (C=O) groups is 1. The number of carbonyl (C=O) groups excluding carboxylic acids is 1. The molecular weight excluding hydrogens is 260 g/mol. The number of amides is 2. The Balaban J connectivity index is 2.45. The minimum Gasteiger partial charge on any atom is -0.395 e. The third-order valence-corrected chi connectivity index (χ3v) is 3.85. The quantitative estimate of drug-likeness (QED) is 0.808. The molecule has 0 saturated carbocycles. The zero-order valence-corrected chi connectivity index (χ0v) is 12.8. The number of thiophene rings is 1. The van der Waals surface area contributed by atoms with Gasteiger partial charge in [-0.1, -0.05) is 6.92 Å². The Labute approximate surface area is 119 Å². The molecular formula is C14H24N2O2S. The number of urea groups is 1. The summed E-state index contributed by atoms with van der Waals surface area (Å²) in [5.41, 5.74) is 0. The molecule has 19 heavy (non-hydrogen) atoms. The van der Waals surface area contributed by atoms with E-state index in [1.54, 1.807) is 16.2 Å². The van der Waals surface area contributed by atoms with Gasteiger partial charge in [0, 0.05) is 35.3 Å². The van der Waals surface area contributed by atoms with Crippen LogP contribution in [0.2, 0.25) is 0 Å². The molecule has 0 radical (unpaired) electrons. The van der Waals surface area contributed by atoms with E-state index >= 15 is 0 Å². The number of aliphatic hydroxyl groups excluding tert-OH is 1. The second-order valence-electron chi connectivity index (χ2n) is 4.78. The van der Waals surface area contributed by atoms with Gasteiger partial charge in [0.25, 0.3) is 0 Å². The summed E-state index contributed by atoms with van der Waals surface area (Å²) >= 11 is 1.77. The van der Waals surface area contributed by atoms with Crippen LogP contribution in [-0.4, -0.2) is 41.8 Å². The number of hydrogen-bond acceptors (Lipinski definition) is 3. The van der Waals surface area contributed by atoms with Crippen LogP contribution in [0.1, 0.15) is 30.0 Å². The van der Waals surface area contributed by atoms with E-state index in [9.17, 15) is 4.79 Å². The molecule has 0 aliphatic rings. The first kappa shape index (κ1) is 16.0. The molecule has 1 heterocycles. The molecule has 0 aliphatic heterocycles. The third-order valence-electron chi connectivity index (χ3n) is 2.82. The number of nitrogens with zero attached hydrogens (tertiary/aromatic N) is 1. The summed E-state index contributed by atoms with van der Waals surface area (Å²) in [6.07, 6.45) is 1.75. The van der Waals surface area contributed by atoms with Crippen molar-refractivity contribution in [1.29, 1.82) is 0 Å². The van der Waals surface area contributed by atoms with Crippen molar-refractivity contribution in [1.82, 2.24) is 10.2 Å². The Bertz CT molecular complexity index is 387. The minimum atomic E-state index is -0.0864. The minimum absolute atomic E-state index is 0.00587. The average molecular weight is 284 g/mol. The molecule has 2 N–H and O–H groups in total. The van der Waals surface area contributed by atoms with Crippen molar-refractivity contribution in [2.45, 2.75) is 39.7 Å². The number of nitrogens with one attached hydrogen (secondary N) is 1. The van der Waals surface area contributed by atoms with E-state index in [4.69, 9.17) is 5.11 Å². The highest BCUT2D eigenvalue weighted by Gasteiger charge is 2.15. The summed E-state index contributed by atoms with van der Waals surface area (Å²) in [5.74, 6) is 0. The lowest BCUT2D eigenvalue weighted by Crippen LogP contribution is -2.45. The predicted molar refractivity (Wildman–Crippen MR) is 79.7 cm³/mol. The van der Waals surface area contributed by atoms with E-state index in [-0.39, 0.29) is 18.7 Å². The molecule has 1 aromatic rings. The van der Waals surface area contributed by atoms with Gasteiger partial charge in [0.05, 0.1) is 6.61 Å². The molecule has 0 bridgehead atoms. The van der Waals surface area contributed by atoms with Gasteiger partial charge in [-0.2, -0.15) is 0 Å². The zero-order chi connectivity index (χ0) is 14.3. The van der Waals surface area contributed by atoms with Crippen LogP contribution in [0.25, 0.3) is 0 Å². The molecule has 0 saturated heterocycles. The second kappa shape index (κ2) is 8.17. The zero-order valence-electron chi connectivity index (χ0n) is 12.0. The molecule has 0 fully saturated rings. The van der Waals surface area contributed by atoms with Crippen LogP contribution in [0.3, 0.4) is 0 Å². The van der Waals surface area contributed by atoms with Gasteiger partial charge >= 0.3 is 6.03 Å². The molecule has 108 valence electrons. The van der Waals surface area contributed by atoms with Gasteiger partial charge in [-0.15, -0.1) is 11.3 Å². The number of rotatable bonds is 7. The lowest BCUT2D eigenvalue weighted by molar-refractivity contribution is 0.174. The SMILES string of the molecule is CCCN(CCO)C(=O)NC(C)Cc1ccc(C)s1. The maximum Gasteiger partial charge on any atom is 0.317 e. The van der Waals surface area contributed by atoms with Crippen molar-refractivity contribution < 1.29 is 9.90 Å². The highest BCUT2D eigenvalue weighted by molar-refractivity contribution is 7.11. The van der Waals surface area contributed by atoms with Gasteiger partial charge in [0.15, 0.2) is 0 Å². The van der Waals surface area contributed by atoms with E-state index < -0.39 is 0 Å². The molecule has 0 aromatic carbocycles. The van der Waals surface area contributed by atoms with Crippen molar-refractivity contribution in [3.8, 4) is 0 Å². The molecule has 2 amide bonds. The van der Waals surface area contributed by atoms with Crippen molar-refractivity contribution >= 4 is 17.4 Å². The first-order chi connectivity index (χ1) is 9.06. The Morgan fingerprint density at radius 2 is 2.21 bits per heavy atom. The van der Waals surface area contributed by atoms with Crippen LogP contribution in [0.4, 0.5) is 4.79 Å². The van der Waals surface area contributed by atoms with Gasteiger partial charge in [0.2, 0.25) is 0 Å². The number of hydrogen-bond donors (Lipinski definition) is 2. The summed E-state index contributed by atoms with van der Waals surface area (Å²) in [6, 6.07) is 4.23.